The molecular weight excluding hydrogens is 379 g/mol. The van der Waals surface area contributed by atoms with E-state index in [4.69, 9.17) is 27.9 Å². The lowest BCUT2D eigenvalue weighted by Gasteiger charge is -2.11. The number of hydrogen-bond donors (Lipinski definition) is 0. The first-order chi connectivity index (χ1) is 11.7. The molecule has 128 valence electrons. The Labute approximate surface area is 149 Å². The zero-order valence-electron chi connectivity index (χ0n) is 12.0. The van der Waals surface area contributed by atoms with E-state index in [-0.39, 0.29) is 22.6 Å². The number of benzene rings is 2. The summed E-state index contributed by atoms with van der Waals surface area (Å²) in [6.45, 7) is 0. The van der Waals surface area contributed by atoms with E-state index in [1.807, 2.05) is 0 Å². The summed E-state index contributed by atoms with van der Waals surface area (Å²) in [6, 6.07) is 6.14. The molecule has 0 aliphatic rings. The summed E-state index contributed by atoms with van der Waals surface area (Å²) >= 11 is 10.8. The van der Waals surface area contributed by atoms with Crippen LogP contribution in [0.25, 0.3) is 0 Å². The van der Waals surface area contributed by atoms with Crippen LogP contribution < -0.4 is 4.74 Å². The zero-order valence-corrected chi connectivity index (χ0v) is 13.5. The third-order valence-electron chi connectivity index (χ3n) is 2.99. The molecule has 2 rings (SSSR count). The van der Waals surface area contributed by atoms with Crippen LogP contribution in [-0.2, 0) is 0 Å². The predicted octanol–water partition coefficient (Wildman–Crippen LogP) is 4.05. The first-order valence-corrected chi connectivity index (χ1v) is 7.10. The molecule has 0 atom stereocenters. The van der Waals surface area contributed by atoms with Gasteiger partial charge < -0.3 is 4.74 Å². The number of halogens is 2. The van der Waals surface area contributed by atoms with Crippen molar-refractivity contribution in [3.8, 4) is 11.5 Å². The second kappa shape index (κ2) is 7.24. The molecule has 0 N–H and O–H groups in total. The molecule has 2 aromatic rings. The van der Waals surface area contributed by atoms with Gasteiger partial charge >= 0.3 is 0 Å². The molecule has 25 heavy (non-hydrogen) atoms. The van der Waals surface area contributed by atoms with Crippen molar-refractivity contribution in [3.63, 3.8) is 0 Å². The molecule has 0 fully saturated rings. The smallest absolute Gasteiger partial charge is 0.270 e. The van der Waals surface area contributed by atoms with Gasteiger partial charge in [0, 0.05) is 24.3 Å². The quantitative estimate of drug-likeness (QED) is 0.416. The topological polar surface area (TPSA) is 130 Å². The number of nitro groups is 2. The van der Waals surface area contributed by atoms with Crippen molar-refractivity contribution in [1.29, 1.82) is 0 Å². The molecule has 0 aliphatic carbocycles. The highest BCUT2D eigenvalue weighted by molar-refractivity contribution is 6.68. The summed E-state index contributed by atoms with van der Waals surface area (Å²) in [6.07, 6.45) is 0. The van der Waals surface area contributed by atoms with Crippen LogP contribution in [0.1, 0.15) is 20.7 Å². The normalized spacial score (nSPS) is 10.2. The van der Waals surface area contributed by atoms with Crippen molar-refractivity contribution in [2.75, 3.05) is 0 Å². The average molecular weight is 385 g/mol. The van der Waals surface area contributed by atoms with E-state index in [0.29, 0.717) is 0 Å². The Hall–Kier alpha value is -3.04. The molecule has 0 heterocycles. The Morgan fingerprint density at radius 1 is 0.800 bits per heavy atom. The van der Waals surface area contributed by atoms with Crippen molar-refractivity contribution >= 4 is 45.1 Å². The number of carbonyl (C=O) groups is 2. The summed E-state index contributed by atoms with van der Waals surface area (Å²) in [5.74, 6) is -0.364. The standard InChI is InChI=1S/C14H6Cl2N2O7/c15-13(19)9-5-7(17(21)22)1-3-11(9)25-12-4-2-8(18(23)24)6-10(12)14(16)20/h1-6H. The number of hydrogen-bond acceptors (Lipinski definition) is 7. The highest BCUT2D eigenvalue weighted by atomic mass is 35.5. The highest BCUT2D eigenvalue weighted by Crippen LogP contribution is 2.33. The van der Waals surface area contributed by atoms with Crippen LogP contribution in [0.5, 0.6) is 11.5 Å². The van der Waals surface area contributed by atoms with Gasteiger partial charge in [-0.15, -0.1) is 0 Å². The Morgan fingerprint density at radius 2 is 1.16 bits per heavy atom. The lowest BCUT2D eigenvalue weighted by atomic mass is 10.1. The van der Waals surface area contributed by atoms with Crippen LogP contribution in [0.2, 0.25) is 0 Å². The molecule has 0 spiro atoms. The van der Waals surface area contributed by atoms with Gasteiger partial charge in [0.1, 0.15) is 11.5 Å². The molecule has 0 bridgehead atoms. The number of nitro benzene ring substituents is 2. The first kappa shape index (κ1) is 18.3. The molecule has 0 radical (unpaired) electrons. The van der Waals surface area contributed by atoms with Gasteiger partial charge in [0.25, 0.3) is 21.9 Å². The van der Waals surface area contributed by atoms with Crippen molar-refractivity contribution in [1.82, 2.24) is 0 Å². The van der Waals surface area contributed by atoms with Gasteiger partial charge in [-0.05, 0) is 35.3 Å². The molecule has 0 saturated carbocycles. The molecule has 9 nitrogen and oxygen atoms in total. The van der Waals surface area contributed by atoms with E-state index in [1.165, 1.54) is 0 Å². The van der Waals surface area contributed by atoms with Gasteiger partial charge in [0.2, 0.25) is 0 Å². The first-order valence-electron chi connectivity index (χ1n) is 6.35. The second-order valence-corrected chi connectivity index (χ2v) is 5.21. The third-order valence-corrected chi connectivity index (χ3v) is 3.40. The van der Waals surface area contributed by atoms with Crippen LogP contribution in [0.3, 0.4) is 0 Å². The predicted molar refractivity (Wildman–Crippen MR) is 86.6 cm³/mol. The van der Waals surface area contributed by atoms with Crippen LogP contribution >= 0.6 is 23.2 Å². The maximum atomic E-state index is 11.5. The average Bonchev–Trinajstić information content (AvgIpc) is 2.54. The minimum absolute atomic E-state index is 0.182. The molecule has 2 aromatic carbocycles. The summed E-state index contributed by atoms with van der Waals surface area (Å²) in [5, 5.41) is 19.5. The van der Waals surface area contributed by atoms with Crippen molar-refractivity contribution in [2.45, 2.75) is 0 Å². The van der Waals surface area contributed by atoms with E-state index < -0.39 is 31.7 Å². The van der Waals surface area contributed by atoms with Gasteiger partial charge in [0.15, 0.2) is 0 Å². The molecule has 0 saturated heterocycles. The van der Waals surface area contributed by atoms with Crippen LogP contribution in [0.4, 0.5) is 11.4 Å². The maximum Gasteiger partial charge on any atom is 0.270 e. The van der Waals surface area contributed by atoms with E-state index >= 15 is 0 Å². The largest absolute Gasteiger partial charge is 0.456 e. The number of carbonyl (C=O) groups excluding carboxylic acids is 2. The fourth-order valence-electron chi connectivity index (χ4n) is 1.87. The molecule has 11 heteroatoms. The lowest BCUT2D eigenvalue weighted by molar-refractivity contribution is -0.385. The van der Waals surface area contributed by atoms with Crippen molar-refractivity contribution < 1.29 is 24.2 Å². The number of rotatable bonds is 6. The zero-order chi connectivity index (χ0) is 18.7. The fraction of sp³-hybridized carbons (Fsp3) is 0. The lowest BCUT2D eigenvalue weighted by Crippen LogP contribution is -2.01. The Balaban J connectivity index is 2.52. The van der Waals surface area contributed by atoms with Crippen LogP contribution in [-0.4, -0.2) is 20.3 Å². The van der Waals surface area contributed by atoms with Crippen LogP contribution in [0.15, 0.2) is 36.4 Å². The third kappa shape index (κ3) is 4.08. The van der Waals surface area contributed by atoms with Gasteiger partial charge in [0.05, 0.1) is 21.0 Å². The Bertz CT molecular complexity index is 841. The fourth-order valence-corrected chi connectivity index (χ4v) is 2.16. The van der Waals surface area contributed by atoms with E-state index in [9.17, 15) is 29.8 Å². The van der Waals surface area contributed by atoms with Gasteiger partial charge in [-0.2, -0.15) is 0 Å². The van der Waals surface area contributed by atoms with Gasteiger partial charge in [-0.1, -0.05) is 0 Å². The molecule has 0 aliphatic heterocycles. The van der Waals surface area contributed by atoms with E-state index in [2.05, 4.69) is 0 Å². The van der Waals surface area contributed by atoms with Gasteiger partial charge in [-0.25, -0.2) is 0 Å². The Morgan fingerprint density at radius 3 is 1.44 bits per heavy atom. The summed E-state index contributed by atoms with van der Waals surface area (Å²) in [4.78, 5) is 43.0. The Kier molecular flexibility index (Phi) is 5.30. The minimum atomic E-state index is -1.03. The van der Waals surface area contributed by atoms with Crippen molar-refractivity contribution in [2.24, 2.45) is 0 Å². The highest BCUT2D eigenvalue weighted by Gasteiger charge is 2.21. The monoisotopic (exact) mass is 384 g/mol. The molecule has 0 amide bonds. The molecule has 0 aromatic heterocycles. The van der Waals surface area contributed by atoms with Crippen LogP contribution in [0, 0.1) is 20.2 Å². The number of nitrogens with zero attached hydrogens (tertiary/aromatic N) is 2. The second-order valence-electron chi connectivity index (χ2n) is 4.52. The van der Waals surface area contributed by atoms with E-state index in [1.54, 1.807) is 0 Å². The summed E-state index contributed by atoms with van der Waals surface area (Å²) < 4.78 is 5.38. The van der Waals surface area contributed by atoms with Gasteiger partial charge in [-0.3, -0.25) is 29.8 Å². The van der Waals surface area contributed by atoms with Crippen molar-refractivity contribution in [3.05, 3.63) is 67.8 Å². The minimum Gasteiger partial charge on any atom is -0.456 e. The summed E-state index contributed by atoms with van der Waals surface area (Å²) in [5.41, 5.74) is -1.42. The molecule has 0 unspecified atom stereocenters. The summed E-state index contributed by atoms with van der Waals surface area (Å²) in [7, 11) is 0. The number of non-ortho nitro benzene ring substituents is 2. The molecular formula is C14H6Cl2N2O7. The maximum absolute atomic E-state index is 11.5. The SMILES string of the molecule is O=C(Cl)c1cc([N+](=O)[O-])ccc1Oc1ccc([N+](=O)[O-])cc1C(=O)Cl. The van der Waals surface area contributed by atoms with E-state index in [0.717, 1.165) is 36.4 Å². The number of ether oxygens (including phenoxy) is 1.